The molecule has 0 radical (unpaired) electrons. The first-order chi connectivity index (χ1) is 10.9. The third-order valence-corrected chi connectivity index (χ3v) is 5.14. The van der Waals surface area contributed by atoms with Gasteiger partial charge in [-0.3, -0.25) is 4.79 Å². The molecule has 3 rings (SSSR count). The molecule has 0 N–H and O–H groups in total. The third kappa shape index (κ3) is 2.94. The fourth-order valence-corrected chi connectivity index (χ4v) is 3.84. The maximum atomic E-state index is 12.3. The molecule has 122 valence electrons. The van der Waals surface area contributed by atoms with Crippen LogP contribution in [-0.2, 0) is 14.9 Å². The monoisotopic (exact) mass is 336 g/mol. The number of hydrogen-bond donors (Lipinski definition) is 0. The summed E-state index contributed by atoms with van der Waals surface area (Å²) in [5, 5.41) is 3.62. The highest BCUT2D eigenvalue weighted by molar-refractivity contribution is 7.87. The number of carbonyl (C=O) groups is 1. The lowest BCUT2D eigenvalue weighted by Crippen LogP contribution is -2.23. The predicted molar refractivity (Wildman–Crippen MR) is 81.8 cm³/mol. The van der Waals surface area contributed by atoms with E-state index in [9.17, 15) is 13.2 Å². The summed E-state index contributed by atoms with van der Waals surface area (Å²) in [5.74, 6) is 0.421. The van der Waals surface area contributed by atoms with Crippen LogP contribution in [0.15, 0.2) is 33.7 Å². The predicted octanol–water partition coefficient (Wildman–Crippen LogP) is 2.19. The zero-order chi connectivity index (χ0) is 16.6. The third-order valence-electron chi connectivity index (χ3n) is 3.65. The quantitative estimate of drug-likeness (QED) is 0.795. The number of aromatic nitrogens is 1. The summed E-state index contributed by atoms with van der Waals surface area (Å²) in [6.07, 6.45) is 1.37. The Morgan fingerprint density at radius 1 is 1.22 bits per heavy atom. The number of benzene rings is 1. The highest BCUT2D eigenvalue weighted by Gasteiger charge is 2.27. The molecule has 0 unspecified atom stereocenters. The maximum Gasteiger partial charge on any atom is 0.344 e. The van der Waals surface area contributed by atoms with Gasteiger partial charge in [0.2, 0.25) is 5.91 Å². The van der Waals surface area contributed by atoms with Gasteiger partial charge in [0.1, 0.15) is 11.4 Å². The number of amides is 1. The van der Waals surface area contributed by atoms with Crippen molar-refractivity contribution in [3.8, 4) is 5.75 Å². The van der Waals surface area contributed by atoms with Crippen LogP contribution in [0.1, 0.15) is 24.3 Å². The summed E-state index contributed by atoms with van der Waals surface area (Å²) in [6.45, 7) is 3.73. The van der Waals surface area contributed by atoms with E-state index < -0.39 is 10.1 Å². The molecule has 1 aromatic carbocycles. The molecule has 0 bridgehead atoms. The summed E-state index contributed by atoms with van der Waals surface area (Å²) in [7, 11) is -4.01. The SMILES string of the molecule is Cc1noc(C)c1S(=O)(=O)Oc1ccc(N2CCCC2=O)cc1. The van der Waals surface area contributed by atoms with Crippen LogP contribution in [0, 0.1) is 13.8 Å². The minimum absolute atomic E-state index is 0.0590. The number of anilines is 1. The molecule has 0 spiro atoms. The fraction of sp³-hybridized carbons (Fsp3) is 0.333. The van der Waals surface area contributed by atoms with Gasteiger partial charge in [0.25, 0.3) is 0 Å². The van der Waals surface area contributed by atoms with Crippen molar-refractivity contribution in [3.05, 3.63) is 35.7 Å². The van der Waals surface area contributed by atoms with Crippen LogP contribution in [0.2, 0.25) is 0 Å². The Balaban J connectivity index is 1.82. The molecule has 1 amide bonds. The highest BCUT2D eigenvalue weighted by Crippen LogP contribution is 2.27. The van der Waals surface area contributed by atoms with Crippen LogP contribution >= 0.6 is 0 Å². The molecule has 1 aliphatic heterocycles. The van der Waals surface area contributed by atoms with Gasteiger partial charge in [-0.05, 0) is 44.5 Å². The molecular weight excluding hydrogens is 320 g/mol. The minimum atomic E-state index is -4.01. The number of hydrogen-bond acceptors (Lipinski definition) is 6. The van der Waals surface area contributed by atoms with Gasteiger partial charge in [-0.1, -0.05) is 5.16 Å². The lowest BCUT2D eigenvalue weighted by Gasteiger charge is -2.15. The number of rotatable bonds is 4. The topological polar surface area (TPSA) is 89.7 Å². The van der Waals surface area contributed by atoms with Gasteiger partial charge in [0, 0.05) is 18.7 Å². The van der Waals surface area contributed by atoms with Crippen LogP contribution in [0.25, 0.3) is 0 Å². The van der Waals surface area contributed by atoms with Crippen molar-refractivity contribution in [2.24, 2.45) is 0 Å². The molecule has 2 heterocycles. The summed E-state index contributed by atoms with van der Waals surface area (Å²) in [5.41, 5.74) is 0.983. The smallest absolute Gasteiger partial charge is 0.344 e. The number of nitrogens with zero attached hydrogens (tertiary/aromatic N) is 2. The van der Waals surface area contributed by atoms with Crippen molar-refractivity contribution < 1.29 is 21.9 Å². The normalized spacial score (nSPS) is 15.2. The summed E-state index contributed by atoms with van der Waals surface area (Å²) < 4.78 is 34.6. The maximum absolute atomic E-state index is 12.3. The van der Waals surface area contributed by atoms with Crippen molar-refractivity contribution in [1.29, 1.82) is 0 Å². The van der Waals surface area contributed by atoms with E-state index in [0.29, 0.717) is 13.0 Å². The van der Waals surface area contributed by atoms with Crippen molar-refractivity contribution in [1.82, 2.24) is 5.16 Å². The molecule has 8 heteroatoms. The molecule has 23 heavy (non-hydrogen) atoms. The molecule has 1 aromatic heterocycles. The van der Waals surface area contributed by atoms with Gasteiger partial charge in [-0.15, -0.1) is 0 Å². The molecular formula is C15H16N2O5S. The van der Waals surface area contributed by atoms with Crippen molar-refractivity contribution in [2.75, 3.05) is 11.4 Å². The Bertz CT molecular complexity index is 820. The van der Waals surface area contributed by atoms with Crippen LogP contribution in [0.4, 0.5) is 5.69 Å². The summed E-state index contributed by atoms with van der Waals surface area (Å²) in [6, 6.07) is 6.39. The van der Waals surface area contributed by atoms with E-state index in [-0.39, 0.29) is 28.0 Å². The second-order valence-electron chi connectivity index (χ2n) is 5.33. The van der Waals surface area contributed by atoms with E-state index in [2.05, 4.69) is 5.16 Å². The highest BCUT2D eigenvalue weighted by atomic mass is 32.2. The fourth-order valence-electron chi connectivity index (χ4n) is 2.60. The zero-order valence-corrected chi connectivity index (χ0v) is 13.6. The van der Waals surface area contributed by atoms with Gasteiger partial charge in [0.15, 0.2) is 10.7 Å². The van der Waals surface area contributed by atoms with Crippen LogP contribution < -0.4 is 9.08 Å². The average molecular weight is 336 g/mol. The van der Waals surface area contributed by atoms with Gasteiger partial charge < -0.3 is 13.6 Å². The van der Waals surface area contributed by atoms with Gasteiger partial charge in [0.05, 0.1) is 0 Å². The standard InChI is InChI=1S/C15H16N2O5S/c1-10-15(11(2)21-16-10)23(19,20)22-13-7-5-12(6-8-13)17-9-3-4-14(17)18/h5-8H,3-4,9H2,1-2H3. The Labute approximate surface area is 134 Å². The van der Waals surface area contributed by atoms with Crippen LogP contribution in [0.3, 0.4) is 0 Å². The Hall–Kier alpha value is -2.35. The van der Waals surface area contributed by atoms with E-state index in [1.54, 1.807) is 17.0 Å². The number of carbonyl (C=O) groups excluding carboxylic acids is 1. The van der Waals surface area contributed by atoms with Gasteiger partial charge >= 0.3 is 10.1 Å². The summed E-state index contributed by atoms with van der Waals surface area (Å²) in [4.78, 5) is 13.3. The Morgan fingerprint density at radius 2 is 1.91 bits per heavy atom. The minimum Gasteiger partial charge on any atom is -0.379 e. The van der Waals surface area contributed by atoms with Crippen molar-refractivity contribution >= 4 is 21.7 Å². The van der Waals surface area contributed by atoms with Gasteiger partial charge in [-0.2, -0.15) is 8.42 Å². The molecule has 1 saturated heterocycles. The molecule has 1 aliphatic rings. The van der Waals surface area contributed by atoms with Crippen LogP contribution in [0.5, 0.6) is 5.75 Å². The van der Waals surface area contributed by atoms with E-state index in [4.69, 9.17) is 8.71 Å². The molecule has 2 aromatic rings. The van der Waals surface area contributed by atoms with E-state index in [1.165, 1.54) is 26.0 Å². The zero-order valence-electron chi connectivity index (χ0n) is 12.8. The van der Waals surface area contributed by atoms with E-state index >= 15 is 0 Å². The van der Waals surface area contributed by atoms with Crippen molar-refractivity contribution in [3.63, 3.8) is 0 Å². The van der Waals surface area contributed by atoms with E-state index in [1.807, 2.05) is 0 Å². The molecule has 0 saturated carbocycles. The van der Waals surface area contributed by atoms with Gasteiger partial charge in [-0.25, -0.2) is 0 Å². The molecule has 7 nitrogen and oxygen atoms in total. The lowest BCUT2D eigenvalue weighted by molar-refractivity contribution is -0.117. The molecule has 1 fully saturated rings. The average Bonchev–Trinajstić information content (AvgIpc) is 3.05. The lowest BCUT2D eigenvalue weighted by atomic mass is 10.3. The molecule has 0 aliphatic carbocycles. The summed E-state index contributed by atoms with van der Waals surface area (Å²) >= 11 is 0. The number of aryl methyl sites for hydroxylation is 2. The van der Waals surface area contributed by atoms with Crippen LogP contribution in [-0.4, -0.2) is 26.0 Å². The first kappa shape index (κ1) is 15.5. The first-order valence-corrected chi connectivity index (χ1v) is 8.57. The Morgan fingerprint density at radius 3 is 2.43 bits per heavy atom. The van der Waals surface area contributed by atoms with E-state index in [0.717, 1.165) is 12.1 Å². The Kier molecular flexibility index (Phi) is 3.85. The van der Waals surface area contributed by atoms with Crippen molar-refractivity contribution in [2.45, 2.75) is 31.6 Å². The second-order valence-corrected chi connectivity index (χ2v) is 6.82. The largest absolute Gasteiger partial charge is 0.379 e. The second kappa shape index (κ2) is 5.69. The molecule has 0 atom stereocenters. The first-order valence-electron chi connectivity index (χ1n) is 7.16.